The summed E-state index contributed by atoms with van der Waals surface area (Å²) in [7, 11) is 1.69. The van der Waals surface area contributed by atoms with Crippen LogP contribution in [-0.2, 0) is 18.3 Å². The smallest absolute Gasteiger partial charge is 0.262 e. The summed E-state index contributed by atoms with van der Waals surface area (Å²) in [6.45, 7) is 2.88. The molecule has 5 rings (SSSR count). The van der Waals surface area contributed by atoms with E-state index in [0.29, 0.717) is 47.9 Å². The minimum absolute atomic E-state index is 0.0987. The van der Waals surface area contributed by atoms with E-state index < -0.39 is 0 Å². The lowest BCUT2D eigenvalue weighted by atomic mass is 10.2. The van der Waals surface area contributed by atoms with E-state index >= 15 is 0 Å². The lowest BCUT2D eigenvalue weighted by Crippen LogP contribution is -2.48. The second kappa shape index (κ2) is 8.27. The second-order valence-corrected chi connectivity index (χ2v) is 8.42. The Morgan fingerprint density at radius 2 is 1.81 bits per heavy atom. The molecule has 1 fully saturated rings. The molecule has 32 heavy (non-hydrogen) atoms. The van der Waals surface area contributed by atoms with E-state index in [1.165, 1.54) is 4.57 Å². The first-order chi connectivity index (χ1) is 15.5. The van der Waals surface area contributed by atoms with Crippen LogP contribution in [0.5, 0.6) is 0 Å². The zero-order chi connectivity index (χ0) is 22.2. The van der Waals surface area contributed by atoms with E-state index in [0.717, 1.165) is 24.3 Å². The van der Waals surface area contributed by atoms with E-state index in [4.69, 9.17) is 11.6 Å². The molecule has 0 N–H and O–H groups in total. The predicted molar refractivity (Wildman–Crippen MR) is 124 cm³/mol. The van der Waals surface area contributed by atoms with Crippen molar-refractivity contribution < 1.29 is 4.79 Å². The number of aryl methyl sites for hydroxylation is 2. The number of hydrogen-bond donors (Lipinski definition) is 0. The maximum absolute atomic E-state index is 12.9. The highest BCUT2D eigenvalue weighted by molar-refractivity contribution is 6.30. The largest absolute Gasteiger partial charge is 0.368 e. The Kier molecular flexibility index (Phi) is 5.30. The SMILES string of the molecule is Cn1c(=O)c2ccccc2n2c(CCC(=O)N3CCN(c4cccc(Cl)c4)CC3)nnc12. The van der Waals surface area contributed by atoms with Crippen LogP contribution in [0.1, 0.15) is 12.2 Å². The van der Waals surface area contributed by atoms with Crippen LogP contribution in [0.4, 0.5) is 5.69 Å². The third-order valence-corrected chi connectivity index (χ3v) is 6.30. The Morgan fingerprint density at radius 1 is 1.03 bits per heavy atom. The molecule has 0 aliphatic carbocycles. The van der Waals surface area contributed by atoms with Crippen LogP contribution in [-0.4, -0.2) is 56.2 Å². The third-order valence-electron chi connectivity index (χ3n) is 6.06. The van der Waals surface area contributed by atoms with Gasteiger partial charge in [0.15, 0.2) is 0 Å². The molecule has 2 aromatic carbocycles. The van der Waals surface area contributed by atoms with Gasteiger partial charge in [-0.15, -0.1) is 10.2 Å². The van der Waals surface area contributed by atoms with E-state index in [1.807, 2.05) is 51.8 Å². The first-order valence-corrected chi connectivity index (χ1v) is 11.0. The first kappa shape index (κ1) is 20.5. The molecule has 1 aliphatic heterocycles. The molecule has 9 heteroatoms. The van der Waals surface area contributed by atoms with Crippen LogP contribution < -0.4 is 10.5 Å². The van der Waals surface area contributed by atoms with Gasteiger partial charge in [0.2, 0.25) is 11.7 Å². The highest BCUT2D eigenvalue weighted by Gasteiger charge is 2.22. The molecule has 1 amide bonds. The van der Waals surface area contributed by atoms with Crippen LogP contribution in [0.25, 0.3) is 16.7 Å². The van der Waals surface area contributed by atoms with Gasteiger partial charge in [-0.05, 0) is 30.3 Å². The molecule has 2 aromatic heterocycles. The number of para-hydroxylation sites is 1. The molecule has 0 bridgehead atoms. The van der Waals surface area contributed by atoms with Crippen molar-refractivity contribution >= 4 is 39.9 Å². The summed E-state index contributed by atoms with van der Waals surface area (Å²) in [5.74, 6) is 1.26. The van der Waals surface area contributed by atoms with Gasteiger partial charge >= 0.3 is 0 Å². The van der Waals surface area contributed by atoms with Crippen molar-refractivity contribution in [2.45, 2.75) is 12.8 Å². The lowest BCUT2D eigenvalue weighted by Gasteiger charge is -2.36. The van der Waals surface area contributed by atoms with Crippen LogP contribution in [0.15, 0.2) is 53.3 Å². The molecule has 1 aliphatic rings. The summed E-state index contributed by atoms with van der Waals surface area (Å²) in [5, 5.41) is 9.81. The number of benzene rings is 2. The van der Waals surface area contributed by atoms with Crippen molar-refractivity contribution in [2.24, 2.45) is 7.05 Å². The average molecular weight is 451 g/mol. The van der Waals surface area contributed by atoms with Crippen molar-refractivity contribution in [3.05, 3.63) is 69.7 Å². The Balaban J connectivity index is 1.29. The Morgan fingerprint density at radius 3 is 2.59 bits per heavy atom. The van der Waals surface area contributed by atoms with E-state index in [9.17, 15) is 9.59 Å². The van der Waals surface area contributed by atoms with Crippen LogP contribution in [0.2, 0.25) is 5.02 Å². The molecule has 1 saturated heterocycles. The van der Waals surface area contributed by atoms with Crippen molar-refractivity contribution in [2.75, 3.05) is 31.1 Å². The summed E-state index contributed by atoms with van der Waals surface area (Å²) < 4.78 is 3.37. The predicted octanol–water partition coefficient (Wildman–Crippen LogP) is 2.52. The third kappa shape index (κ3) is 3.60. The van der Waals surface area contributed by atoms with Gasteiger partial charge < -0.3 is 9.80 Å². The van der Waals surface area contributed by atoms with Gasteiger partial charge in [0.1, 0.15) is 5.82 Å². The van der Waals surface area contributed by atoms with Crippen LogP contribution in [0.3, 0.4) is 0 Å². The summed E-state index contributed by atoms with van der Waals surface area (Å²) >= 11 is 6.11. The molecule has 164 valence electrons. The van der Waals surface area contributed by atoms with Crippen molar-refractivity contribution in [3.8, 4) is 0 Å². The normalized spacial score (nSPS) is 14.4. The summed E-state index contributed by atoms with van der Waals surface area (Å²) in [6.07, 6.45) is 0.797. The fourth-order valence-electron chi connectivity index (χ4n) is 4.32. The monoisotopic (exact) mass is 450 g/mol. The van der Waals surface area contributed by atoms with Gasteiger partial charge in [-0.3, -0.25) is 18.6 Å². The topological polar surface area (TPSA) is 75.7 Å². The Bertz CT molecular complexity index is 1370. The molecule has 0 unspecified atom stereocenters. The maximum Gasteiger partial charge on any atom is 0.262 e. The fraction of sp³-hybridized carbons (Fsp3) is 0.304. The highest BCUT2D eigenvalue weighted by Crippen LogP contribution is 2.21. The number of nitrogens with zero attached hydrogens (tertiary/aromatic N) is 6. The number of amides is 1. The van der Waals surface area contributed by atoms with Gasteiger partial charge in [-0.1, -0.05) is 29.8 Å². The zero-order valence-electron chi connectivity index (χ0n) is 17.7. The Hall–Kier alpha value is -3.39. The summed E-state index contributed by atoms with van der Waals surface area (Å²) in [5.41, 5.74) is 1.73. The molecular weight excluding hydrogens is 428 g/mol. The zero-order valence-corrected chi connectivity index (χ0v) is 18.5. The first-order valence-electron chi connectivity index (χ1n) is 10.6. The number of halogens is 1. The van der Waals surface area contributed by atoms with E-state index in [2.05, 4.69) is 15.1 Å². The number of hydrogen-bond acceptors (Lipinski definition) is 5. The molecule has 4 aromatic rings. The number of rotatable bonds is 4. The fourth-order valence-corrected chi connectivity index (χ4v) is 4.50. The molecule has 3 heterocycles. The van der Waals surface area contributed by atoms with Crippen LogP contribution in [0, 0.1) is 0 Å². The number of fused-ring (bicyclic) bond motifs is 3. The van der Waals surface area contributed by atoms with Crippen molar-refractivity contribution in [1.29, 1.82) is 0 Å². The van der Waals surface area contributed by atoms with E-state index in [-0.39, 0.29) is 11.5 Å². The number of anilines is 1. The minimum Gasteiger partial charge on any atom is -0.368 e. The minimum atomic E-state index is -0.110. The van der Waals surface area contributed by atoms with Gasteiger partial charge in [-0.25, -0.2) is 0 Å². The van der Waals surface area contributed by atoms with Gasteiger partial charge in [0, 0.05) is 56.8 Å². The number of piperazine rings is 1. The summed E-state index contributed by atoms with van der Waals surface area (Å²) in [4.78, 5) is 29.6. The molecule has 0 spiro atoms. The molecule has 0 atom stereocenters. The van der Waals surface area contributed by atoms with Gasteiger partial charge in [-0.2, -0.15) is 0 Å². The highest BCUT2D eigenvalue weighted by atomic mass is 35.5. The van der Waals surface area contributed by atoms with Crippen molar-refractivity contribution in [1.82, 2.24) is 24.1 Å². The molecular formula is C23H23ClN6O2. The number of aromatic nitrogens is 4. The standard InChI is InChI=1S/C23H23ClN6O2/c1-27-22(32)18-7-2-3-8-19(18)30-20(25-26-23(27)30)9-10-21(31)29-13-11-28(12-14-29)17-6-4-5-16(24)15-17/h2-8,15H,9-14H2,1H3. The molecule has 0 saturated carbocycles. The summed E-state index contributed by atoms with van der Waals surface area (Å²) in [6, 6.07) is 15.2. The van der Waals surface area contributed by atoms with E-state index in [1.54, 1.807) is 13.1 Å². The van der Waals surface area contributed by atoms with Crippen LogP contribution >= 0.6 is 11.6 Å². The molecule has 8 nitrogen and oxygen atoms in total. The van der Waals surface area contributed by atoms with Gasteiger partial charge in [0.05, 0.1) is 10.9 Å². The second-order valence-electron chi connectivity index (χ2n) is 7.98. The van der Waals surface area contributed by atoms with Gasteiger partial charge in [0.25, 0.3) is 5.56 Å². The average Bonchev–Trinajstić information content (AvgIpc) is 3.25. The maximum atomic E-state index is 12.9. The number of carbonyl (C=O) groups excluding carboxylic acids is 1. The Labute approximate surface area is 189 Å². The lowest BCUT2D eigenvalue weighted by molar-refractivity contribution is -0.131. The molecule has 0 radical (unpaired) electrons. The number of carbonyl (C=O) groups is 1. The quantitative estimate of drug-likeness (QED) is 0.477. The van der Waals surface area contributed by atoms with Crippen molar-refractivity contribution in [3.63, 3.8) is 0 Å².